The first-order chi connectivity index (χ1) is 12.8. The van der Waals surface area contributed by atoms with E-state index in [0.717, 1.165) is 0 Å². The van der Waals surface area contributed by atoms with Crippen molar-refractivity contribution < 1.29 is 34.6 Å². The Kier molecular flexibility index (Phi) is 6.76. The Morgan fingerprint density at radius 1 is 1.15 bits per heavy atom. The SMILES string of the molecule is COc1ccc(/C(O)=C(/CO[C@]2(C)C(O)=CC(O)=C2C)OCCCO)cc1. The van der Waals surface area contributed by atoms with Gasteiger partial charge < -0.3 is 34.6 Å². The predicted molar refractivity (Wildman–Crippen MR) is 101 cm³/mol. The van der Waals surface area contributed by atoms with Crippen LogP contribution in [0, 0.1) is 0 Å². The monoisotopic (exact) mass is 378 g/mol. The number of hydrogen-bond acceptors (Lipinski definition) is 7. The maximum atomic E-state index is 10.6. The van der Waals surface area contributed by atoms with Crippen molar-refractivity contribution in [3.8, 4) is 5.75 Å². The lowest BCUT2D eigenvalue weighted by Gasteiger charge is -2.27. The second-order valence-electron chi connectivity index (χ2n) is 6.29. The molecule has 1 aliphatic carbocycles. The van der Waals surface area contributed by atoms with Gasteiger partial charge in [0, 0.05) is 30.2 Å². The maximum Gasteiger partial charge on any atom is 0.164 e. The van der Waals surface area contributed by atoms with Crippen molar-refractivity contribution in [2.75, 3.05) is 26.9 Å². The fraction of sp³-hybridized carbons (Fsp3) is 0.400. The van der Waals surface area contributed by atoms with Gasteiger partial charge in [-0.15, -0.1) is 0 Å². The lowest BCUT2D eigenvalue weighted by Crippen LogP contribution is -2.32. The highest BCUT2D eigenvalue weighted by atomic mass is 16.5. The Bertz CT molecular complexity index is 746. The minimum absolute atomic E-state index is 0.0472. The Morgan fingerprint density at radius 3 is 2.33 bits per heavy atom. The zero-order valence-corrected chi connectivity index (χ0v) is 15.7. The Morgan fingerprint density at radius 2 is 1.81 bits per heavy atom. The van der Waals surface area contributed by atoms with Gasteiger partial charge in [0.1, 0.15) is 29.5 Å². The number of aliphatic hydroxyl groups excluding tert-OH is 4. The molecule has 0 saturated heterocycles. The van der Waals surface area contributed by atoms with Gasteiger partial charge in [0.05, 0.1) is 13.7 Å². The molecule has 7 heteroatoms. The molecule has 1 atom stereocenters. The molecule has 0 saturated carbocycles. The van der Waals surface area contributed by atoms with Gasteiger partial charge in [0.2, 0.25) is 0 Å². The number of allylic oxidation sites excluding steroid dienone is 1. The summed E-state index contributed by atoms with van der Waals surface area (Å²) in [5.74, 6) is 0.501. The number of rotatable bonds is 9. The molecule has 4 N–H and O–H groups in total. The van der Waals surface area contributed by atoms with Crippen LogP contribution in [0.25, 0.3) is 5.76 Å². The van der Waals surface area contributed by atoms with Gasteiger partial charge in [-0.25, -0.2) is 0 Å². The lowest BCUT2D eigenvalue weighted by atomic mass is 9.99. The summed E-state index contributed by atoms with van der Waals surface area (Å²) >= 11 is 0. The third-order valence-electron chi connectivity index (χ3n) is 4.56. The molecule has 0 aromatic heterocycles. The molecule has 0 amide bonds. The first-order valence-corrected chi connectivity index (χ1v) is 8.59. The first kappa shape index (κ1) is 20.7. The third-order valence-corrected chi connectivity index (χ3v) is 4.56. The van der Waals surface area contributed by atoms with E-state index in [9.17, 15) is 15.3 Å². The van der Waals surface area contributed by atoms with E-state index in [1.165, 1.54) is 6.08 Å². The van der Waals surface area contributed by atoms with Crippen molar-refractivity contribution in [3.63, 3.8) is 0 Å². The van der Waals surface area contributed by atoms with Crippen LogP contribution in [0.1, 0.15) is 25.8 Å². The molecule has 0 heterocycles. The van der Waals surface area contributed by atoms with E-state index in [1.54, 1.807) is 45.2 Å². The van der Waals surface area contributed by atoms with Crippen LogP contribution in [-0.2, 0) is 9.47 Å². The van der Waals surface area contributed by atoms with Crippen molar-refractivity contribution in [2.24, 2.45) is 0 Å². The smallest absolute Gasteiger partial charge is 0.164 e. The molecule has 7 nitrogen and oxygen atoms in total. The quantitative estimate of drug-likeness (QED) is 0.385. The van der Waals surface area contributed by atoms with Gasteiger partial charge in [-0.3, -0.25) is 0 Å². The van der Waals surface area contributed by atoms with Crippen LogP contribution in [-0.4, -0.2) is 53.0 Å². The normalized spacial score (nSPS) is 20.4. The first-order valence-electron chi connectivity index (χ1n) is 8.59. The molecule has 27 heavy (non-hydrogen) atoms. The Hall–Kier alpha value is -2.64. The largest absolute Gasteiger partial charge is 0.509 e. The van der Waals surface area contributed by atoms with Crippen molar-refractivity contribution in [1.82, 2.24) is 0 Å². The fourth-order valence-corrected chi connectivity index (χ4v) is 2.55. The van der Waals surface area contributed by atoms with Gasteiger partial charge in [-0.1, -0.05) is 0 Å². The maximum absolute atomic E-state index is 10.6. The summed E-state index contributed by atoms with van der Waals surface area (Å²) in [5, 5.41) is 39.5. The van der Waals surface area contributed by atoms with Crippen molar-refractivity contribution in [2.45, 2.75) is 25.9 Å². The number of benzene rings is 1. The summed E-state index contributed by atoms with van der Waals surface area (Å²) in [7, 11) is 1.55. The molecular weight excluding hydrogens is 352 g/mol. The van der Waals surface area contributed by atoms with Crippen LogP contribution in [0.3, 0.4) is 0 Å². The average molecular weight is 378 g/mol. The molecule has 0 aliphatic heterocycles. The summed E-state index contributed by atoms with van der Waals surface area (Å²) in [6, 6.07) is 6.76. The zero-order chi connectivity index (χ0) is 20.0. The van der Waals surface area contributed by atoms with E-state index < -0.39 is 5.60 Å². The molecule has 0 radical (unpaired) electrons. The molecule has 1 aromatic rings. The topological polar surface area (TPSA) is 109 Å². The fourth-order valence-electron chi connectivity index (χ4n) is 2.55. The van der Waals surface area contributed by atoms with Crippen LogP contribution in [0.4, 0.5) is 0 Å². The highest BCUT2D eigenvalue weighted by molar-refractivity contribution is 5.61. The van der Waals surface area contributed by atoms with Crippen molar-refractivity contribution in [1.29, 1.82) is 0 Å². The molecule has 2 rings (SSSR count). The molecule has 1 aliphatic rings. The van der Waals surface area contributed by atoms with Gasteiger partial charge >= 0.3 is 0 Å². The summed E-state index contributed by atoms with van der Waals surface area (Å²) in [6.45, 7) is 3.26. The van der Waals surface area contributed by atoms with Crippen LogP contribution in [0.5, 0.6) is 5.75 Å². The molecular formula is C20H26O7. The third kappa shape index (κ3) is 4.56. The van der Waals surface area contributed by atoms with E-state index in [-0.39, 0.29) is 42.9 Å². The van der Waals surface area contributed by atoms with Crippen LogP contribution in [0.2, 0.25) is 0 Å². The van der Waals surface area contributed by atoms with E-state index in [0.29, 0.717) is 23.3 Å². The van der Waals surface area contributed by atoms with Crippen LogP contribution >= 0.6 is 0 Å². The van der Waals surface area contributed by atoms with E-state index in [1.807, 2.05) is 0 Å². The van der Waals surface area contributed by atoms with Crippen LogP contribution < -0.4 is 4.74 Å². The van der Waals surface area contributed by atoms with Gasteiger partial charge in [-0.2, -0.15) is 0 Å². The molecule has 148 valence electrons. The van der Waals surface area contributed by atoms with E-state index in [4.69, 9.17) is 19.3 Å². The average Bonchev–Trinajstić information content (AvgIpc) is 2.87. The van der Waals surface area contributed by atoms with Gasteiger partial charge in [-0.05, 0) is 38.1 Å². The van der Waals surface area contributed by atoms with E-state index >= 15 is 0 Å². The Labute approximate surface area is 158 Å². The minimum Gasteiger partial charge on any atom is -0.509 e. The minimum atomic E-state index is -1.21. The second kappa shape index (κ2) is 8.83. The molecule has 0 bridgehead atoms. The standard InChI is InChI=1S/C20H26O7/c1-13-16(22)11-18(23)20(13,2)27-12-17(26-10-4-9-21)19(24)14-5-7-15(25-3)8-6-14/h5-8,11,21-24H,4,9-10,12H2,1-3H3/b19-17+/t20-/m0/s1. The van der Waals surface area contributed by atoms with Gasteiger partial charge in [0.15, 0.2) is 11.5 Å². The van der Waals surface area contributed by atoms with Crippen molar-refractivity contribution in [3.05, 3.63) is 58.8 Å². The summed E-state index contributed by atoms with van der Waals surface area (Å²) < 4.78 is 16.5. The number of hydrogen-bond donors (Lipinski definition) is 4. The molecule has 0 spiro atoms. The summed E-state index contributed by atoms with van der Waals surface area (Å²) in [6.07, 6.45) is 1.62. The Balaban J connectivity index is 2.24. The highest BCUT2D eigenvalue weighted by Crippen LogP contribution is 2.36. The molecule has 0 fully saturated rings. The van der Waals surface area contributed by atoms with Gasteiger partial charge in [0.25, 0.3) is 0 Å². The molecule has 1 aromatic carbocycles. The number of aliphatic hydroxyl groups is 4. The summed E-state index contributed by atoms with van der Waals surface area (Å²) in [4.78, 5) is 0. The lowest BCUT2D eigenvalue weighted by molar-refractivity contribution is -0.00971. The second-order valence-corrected chi connectivity index (χ2v) is 6.29. The zero-order valence-electron chi connectivity index (χ0n) is 15.7. The highest BCUT2D eigenvalue weighted by Gasteiger charge is 2.39. The van der Waals surface area contributed by atoms with Crippen LogP contribution in [0.15, 0.2) is 53.2 Å². The summed E-state index contributed by atoms with van der Waals surface area (Å²) in [5.41, 5.74) is -0.251. The predicted octanol–water partition coefficient (Wildman–Crippen LogP) is 3.38. The number of methoxy groups -OCH3 is 1. The van der Waals surface area contributed by atoms with E-state index in [2.05, 4.69) is 0 Å². The van der Waals surface area contributed by atoms with Crippen molar-refractivity contribution >= 4 is 5.76 Å². The molecule has 0 unspecified atom stereocenters. The number of ether oxygens (including phenoxy) is 3.